The van der Waals surface area contributed by atoms with E-state index in [4.69, 9.17) is 9.47 Å². The summed E-state index contributed by atoms with van der Waals surface area (Å²) in [6, 6.07) is 28.8. The zero-order valence-corrected chi connectivity index (χ0v) is 27.5. The van der Waals surface area contributed by atoms with Crippen molar-refractivity contribution in [2.24, 2.45) is 5.92 Å². The zero-order valence-electron chi connectivity index (χ0n) is 26.5. The summed E-state index contributed by atoms with van der Waals surface area (Å²) in [6.45, 7) is 9.64. The van der Waals surface area contributed by atoms with E-state index in [9.17, 15) is 19.2 Å². The number of rotatable bonds is 12. The van der Waals surface area contributed by atoms with E-state index in [2.05, 4.69) is 13.8 Å². The fourth-order valence-electron chi connectivity index (χ4n) is 6.14. The van der Waals surface area contributed by atoms with E-state index in [0.29, 0.717) is 25.7 Å². The second-order valence-electron chi connectivity index (χ2n) is 13.3. The number of ether oxygens (including phenoxy) is 2. The number of imide groups is 1. The highest BCUT2D eigenvalue weighted by molar-refractivity contribution is 6.98. The van der Waals surface area contributed by atoms with Crippen molar-refractivity contribution in [3.05, 3.63) is 96.6 Å². The molecule has 2 atom stereocenters. The summed E-state index contributed by atoms with van der Waals surface area (Å²) in [6.07, 6.45) is 1.18. The first-order valence-electron chi connectivity index (χ1n) is 15.4. The van der Waals surface area contributed by atoms with E-state index in [0.717, 1.165) is 15.9 Å². The molecule has 44 heavy (non-hydrogen) atoms. The lowest BCUT2D eigenvalue weighted by Crippen LogP contribution is -2.65. The van der Waals surface area contributed by atoms with Gasteiger partial charge in [-0.1, -0.05) is 111 Å². The second kappa shape index (κ2) is 13.9. The third kappa shape index (κ3) is 7.84. The van der Waals surface area contributed by atoms with Crippen LogP contribution < -0.4 is 10.4 Å². The van der Waals surface area contributed by atoms with Crippen LogP contribution in [-0.4, -0.2) is 54.2 Å². The first kappa shape index (κ1) is 33.1. The van der Waals surface area contributed by atoms with Gasteiger partial charge in [0.25, 0.3) is 8.32 Å². The number of carbonyl (C=O) groups excluding carboxylic acids is 3. The molecular formula is C36H45NO6Si. The summed E-state index contributed by atoms with van der Waals surface area (Å²) in [4.78, 5) is 53.6. The lowest BCUT2D eigenvalue weighted by Gasteiger charge is -2.41. The van der Waals surface area contributed by atoms with Crippen molar-refractivity contribution in [3.8, 4) is 0 Å². The molecule has 1 heterocycles. The number of hydrogen-bond acceptors (Lipinski definition) is 6. The van der Waals surface area contributed by atoms with Gasteiger partial charge < -0.3 is 14.3 Å². The summed E-state index contributed by atoms with van der Waals surface area (Å²) in [7, 11) is -3.24. The Kier molecular flexibility index (Phi) is 10.5. The first-order chi connectivity index (χ1) is 20.8. The van der Waals surface area contributed by atoms with Crippen LogP contribution in [0.5, 0.6) is 0 Å². The molecule has 1 aliphatic heterocycles. The maximum absolute atomic E-state index is 14.0. The lowest BCUT2D eigenvalue weighted by atomic mass is 9.93. The summed E-state index contributed by atoms with van der Waals surface area (Å²) in [5.41, 5.74) is 0.285. The van der Waals surface area contributed by atoms with Gasteiger partial charge in [0.05, 0.1) is 12.5 Å². The fourth-order valence-corrected chi connectivity index (χ4v) is 9.92. The Morgan fingerprint density at radius 3 is 1.95 bits per heavy atom. The van der Waals surface area contributed by atoms with Gasteiger partial charge in [-0.3, -0.25) is 9.59 Å². The van der Waals surface area contributed by atoms with Gasteiger partial charge in [-0.05, 0) is 61.0 Å². The molecule has 0 bridgehead atoms. The fraction of sp³-hybridized carbons (Fsp3) is 0.417. The lowest BCUT2D eigenvalue weighted by molar-refractivity contribution is -0.158. The summed E-state index contributed by atoms with van der Waals surface area (Å²) < 4.78 is 10.9. The third-order valence-corrected chi connectivity index (χ3v) is 13.0. The Morgan fingerprint density at radius 1 is 0.909 bits per heavy atom. The topological polar surface area (TPSA) is 93.1 Å². The summed E-state index contributed by atoms with van der Waals surface area (Å²) >= 11 is 0. The standard InChI is InChI=1S/C36H45NO6Si/c1-35(2,3)43-32(38)25-28(33(39)37-29(26-42-34(37)40)24-27-16-9-6-10-17-27)18-15-23-36(4,5)44(41,30-19-11-7-12-20-30)31-21-13-8-14-22-31/h6-14,16-17,19-22,28-29,41H,15,18,23-26H2,1-5H3/t28?,29-/m0/s1. The van der Waals surface area contributed by atoms with Gasteiger partial charge in [0.2, 0.25) is 5.91 Å². The van der Waals surface area contributed by atoms with E-state index in [1.165, 1.54) is 4.90 Å². The third-order valence-electron chi connectivity index (χ3n) is 8.41. The van der Waals surface area contributed by atoms with Crippen LogP contribution in [0.25, 0.3) is 0 Å². The molecule has 2 amide bonds. The van der Waals surface area contributed by atoms with Gasteiger partial charge in [-0.25, -0.2) is 9.69 Å². The minimum absolute atomic E-state index is 0.110. The van der Waals surface area contributed by atoms with E-state index >= 15 is 0 Å². The second-order valence-corrected chi connectivity index (χ2v) is 17.3. The number of cyclic esters (lactones) is 1. The molecule has 1 fully saturated rings. The quantitative estimate of drug-likeness (QED) is 0.210. The van der Waals surface area contributed by atoms with Gasteiger partial charge in [-0.15, -0.1) is 0 Å². The Labute approximate surface area is 262 Å². The molecule has 1 unspecified atom stereocenters. The van der Waals surface area contributed by atoms with Crippen LogP contribution in [0.15, 0.2) is 91.0 Å². The molecule has 0 aliphatic carbocycles. The minimum atomic E-state index is -3.24. The number of hydrogen-bond donors (Lipinski definition) is 1. The molecule has 7 nitrogen and oxygen atoms in total. The van der Waals surface area contributed by atoms with Crippen LogP contribution in [0, 0.1) is 5.92 Å². The molecule has 4 rings (SSSR count). The molecule has 1 aliphatic rings. The monoisotopic (exact) mass is 615 g/mol. The molecular weight excluding hydrogens is 570 g/mol. The summed E-state index contributed by atoms with van der Waals surface area (Å²) in [5.74, 6) is -1.68. The molecule has 0 aromatic heterocycles. The molecule has 234 valence electrons. The molecule has 0 radical (unpaired) electrons. The average molecular weight is 616 g/mol. The number of carbonyl (C=O) groups is 3. The van der Waals surface area contributed by atoms with Crippen molar-refractivity contribution < 1.29 is 28.7 Å². The molecule has 3 aromatic carbocycles. The maximum Gasteiger partial charge on any atom is 0.416 e. The van der Waals surface area contributed by atoms with Gasteiger partial charge in [0.15, 0.2) is 0 Å². The van der Waals surface area contributed by atoms with E-state index in [-0.39, 0.29) is 13.0 Å². The number of esters is 1. The Balaban J connectivity index is 1.56. The molecule has 0 spiro atoms. The van der Waals surface area contributed by atoms with Gasteiger partial charge in [0.1, 0.15) is 12.2 Å². The SMILES string of the molecule is CC(C)(C)OC(=O)CC(CCCC(C)(C)[Si](O)(c1ccccc1)c1ccccc1)C(=O)N1C(=O)OC[C@@H]1Cc1ccccc1. The largest absolute Gasteiger partial charge is 0.460 e. The van der Waals surface area contributed by atoms with Crippen molar-refractivity contribution in [2.45, 2.75) is 83.4 Å². The molecule has 1 N–H and O–H groups in total. The first-order valence-corrected chi connectivity index (χ1v) is 17.4. The molecule has 3 aromatic rings. The molecule has 8 heteroatoms. The zero-order chi connectivity index (χ0) is 32.0. The van der Waals surface area contributed by atoms with Crippen LogP contribution in [-0.2, 0) is 25.5 Å². The Hall–Kier alpha value is -3.75. The van der Waals surface area contributed by atoms with Gasteiger partial charge in [-0.2, -0.15) is 0 Å². The van der Waals surface area contributed by atoms with E-state index in [1.54, 1.807) is 20.8 Å². The van der Waals surface area contributed by atoms with Crippen molar-refractivity contribution in [1.82, 2.24) is 4.90 Å². The highest BCUT2D eigenvalue weighted by Crippen LogP contribution is 2.41. The van der Waals surface area contributed by atoms with E-state index in [1.807, 2.05) is 91.0 Å². The van der Waals surface area contributed by atoms with E-state index < -0.39 is 48.9 Å². The number of amides is 2. The van der Waals surface area contributed by atoms with Gasteiger partial charge >= 0.3 is 12.1 Å². The van der Waals surface area contributed by atoms with Crippen molar-refractivity contribution in [3.63, 3.8) is 0 Å². The predicted molar refractivity (Wildman–Crippen MR) is 174 cm³/mol. The van der Waals surface area contributed by atoms with Crippen molar-refractivity contribution >= 4 is 36.7 Å². The molecule has 1 saturated heterocycles. The van der Waals surface area contributed by atoms with Crippen molar-refractivity contribution in [1.29, 1.82) is 0 Å². The van der Waals surface area contributed by atoms with Crippen LogP contribution in [0.1, 0.15) is 65.9 Å². The molecule has 0 saturated carbocycles. The highest BCUT2D eigenvalue weighted by atomic mass is 28.4. The highest BCUT2D eigenvalue weighted by Gasteiger charge is 2.50. The minimum Gasteiger partial charge on any atom is -0.460 e. The number of benzene rings is 3. The number of nitrogens with zero attached hydrogens (tertiary/aromatic N) is 1. The van der Waals surface area contributed by atoms with Gasteiger partial charge in [0, 0.05) is 5.92 Å². The van der Waals surface area contributed by atoms with Crippen LogP contribution in [0.3, 0.4) is 0 Å². The maximum atomic E-state index is 14.0. The average Bonchev–Trinajstić information content (AvgIpc) is 3.35. The van der Waals surface area contributed by atoms with Crippen LogP contribution in [0.4, 0.5) is 4.79 Å². The van der Waals surface area contributed by atoms with Crippen LogP contribution >= 0.6 is 0 Å². The Bertz CT molecular complexity index is 1370. The predicted octanol–water partition coefficient (Wildman–Crippen LogP) is 5.63. The summed E-state index contributed by atoms with van der Waals surface area (Å²) in [5, 5.41) is 1.32. The van der Waals surface area contributed by atoms with Crippen LogP contribution in [0.2, 0.25) is 5.04 Å². The Morgan fingerprint density at radius 2 is 1.43 bits per heavy atom. The smallest absolute Gasteiger partial charge is 0.416 e. The van der Waals surface area contributed by atoms with Crippen molar-refractivity contribution in [2.75, 3.05) is 6.61 Å². The normalized spacial score (nSPS) is 16.4.